The average Bonchev–Trinajstić information content (AvgIpc) is 2.41. The predicted molar refractivity (Wildman–Crippen MR) is 79.1 cm³/mol. The molecule has 1 fully saturated rings. The molecule has 4 nitrogen and oxygen atoms in total. The van der Waals surface area contributed by atoms with Gasteiger partial charge in [-0.15, -0.1) is 0 Å². The summed E-state index contributed by atoms with van der Waals surface area (Å²) < 4.78 is 13.5. The Morgan fingerprint density at radius 3 is 3.00 bits per heavy atom. The Kier molecular flexibility index (Phi) is 4.99. The number of piperidine rings is 1. The first-order valence-electron chi connectivity index (χ1n) is 6.66. The zero-order valence-electron chi connectivity index (χ0n) is 11.3. The number of benzene rings is 1. The molecular formula is C14H18BrFN2O2. The lowest BCUT2D eigenvalue weighted by molar-refractivity contribution is 0.0811. The number of likely N-dealkylation sites (tertiary alicyclic amines) is 1. The Morgan fingerprint density at radius 2 is 2.35 bits per heavy atom. The number of halogens is 2. The van der Waals surface area contributed by atoms with Gasteiger partial charge in [0.2, 0.25) is 0 Å². The number of hydrogen-bond donors (Lipinski definition) is 2. The van der Waals surface area contributed by atoms with Crippen LogP contribution in [0.5, 0.6) is 0 Å². The predicted octanol–water partition coefficient (Wildman–Crippen LogP) is 3.21. The van der Waals surface area contributed by atoms with Crippen molar-refractivity contribution in [3.05, 3.63) is 28.5 Å². The van der Waals surface area contributed by atoms with Crippen LogP contribution in [0.1, 0.15) is 19.8 Å². The first-order valence-corrected chi connectivity index (χ1v) is 7.45. The number of urea groups is 1. The van der Waals surface area contributed by atoms with Gasteiger partial charge in [-0.25, -0.2) is 9.18 Å². The van der Waals surface area contributed by atoms with Gasteiger partial charge < -0.3 is 15.3 Å². The van der Waals surface area contributed by atoms with E-state index in [0.717, 1.165) is 12.8 Å². The van der Waals surface area contributed by atoms with Crippen molar-refractivity contribution >= 4 is 27.6 Å². The van der Waals surface area contributed by atoms with E-state index in [1.54, 1.807) is 4.90 Å². The summed E-state index contributed by atoms with van der Waals surface area (Å²) in [4.78, 5) is 14.0. The van der Waals surface area contributed by atoms with Crippen molar-refractivity contribution in [1.29, 1.82) is 0 Å². The Morgan fingerprint density at radius 1 is 1.60 bits per heavy atom. The van der Waals surface area contributed by atoms with E-state index in [-0.39, 0.29) is 30.4 Å². The van der Waals surface area contributed by atoms with Gasteiger partial charge in [0.05, 0.1) is 18.3 Å². The van der Waals surface area contributed by atoms with E-state index in [1.165, 1.54) is 18.2 Å². The Hall–Kier alpha value is -1.14. The van der Waals surface area contributed by atoms with Crippen LogP contribution >= 0.6 is 15.9 Å². The monoisotopic (exact) mass is 344 g/mol. The van der Waals surface area contributed by atoms with Crippen LogP contribution in [-0.4, -0.2) is 35.2 Å². The molecule has 0 radical (unpaired) electrons. The molecule has 1 aliphatic rings. The minimum absolute atomic E-state index is 0.0425. The highest BCUT2D eigenvalue weighted by molar-refractivity contribution is 9.10. The fraction of sp³-hybridized carbons (Fsp3) is 0.500. The normalized spacial score (nSPS) is 22.7. The summed E-state index contributed by atoms with van der Waals surface area (Å²) in [7, 11) is 0. The molecule has 0 unspecified atom stereocenters. The summed E-state index contributed by atoms with van der Waals surface area (Å²) in [5.41, 5.74) is 0.520. The number of anilines is 1. The maximum Gasteiger partial charge on any atom is 0.322 e. The van der Waals surface area contributed by atoms with Gasteiger partial charge in [0.25, 0.3) is 0 Å². The maximum absolute atomic E-state index is 13.0. The third kappa shape index (κ3) is 3.30. The molecule has 0 aliphatic carbocycles. The molecule has 0 aromatic heterocycles. The lowest BCUT2D eigenvalue weighted by atomic mass is 9.91. The van der Waals surface area contributed by atoms with Gasteiger partial charge in [0.1, 0.15) is 5.82 Å². The van der Waals surface area contributed by atoms with Gasteiger partial charge >= 0.3 is 6.03 Å². The van der Waals surface area contributed by atoms with Crippen molar-refractivity contribution in [1.82, 2.24) is 4.90 Å². The molecular weight excluding hydrogens is 327 g/mol. The smallest absolute Gasteiger partial charge is 0.322 e. The van der Waals surface area contributed by atoms with E-state index in [0.29, 0.717) is 16.7 Å². The lowest BCUT2D eigenvalue weighted by Gasteiger charge is -2.38. The van der Waals surface area contributed by atoms with Gasteiger partial charge in [-0.2, -0.15) is 0 Å². The number of carbonyl (C=O) groups is 1. The summed E-state index contributed by atoms with van der Waals surface area (Å²) in [6.07, 6.45) is 1.94. The number of rotatable bonds is 2. The third-order valence-corrected chi connectivity index (χ3v) is 4.39. The zero-order chi connectivity index (χ0) is 14.7. The Balaban J connectivity index is 2.10. The van der Waals surface area contributed by atoms with E-state index in [4.69, 9.17) is 0 Å². The maximum atomic E-state index is 13.0. The number of amides is 2. The molecule has 0 saturated carbocycles. The molecule has 20 heavy (non-hydrogen) atoms. The SMILES string of the molecule is C[C@@H]1CCCN(C(=O)Nc2ccc(F)cc2Br)[C@@H]1CO. The minimum Gasteiger partial charge on any atom is -0.394 e. The van der Waals surface area contributed by atoms with Crippen molar-refractivity contribution < 1.29 is 14.3 Å². The highest BCUT2D eigenvalue weighted by Crippen LogP contribution is 2.26. The summed E-state index contributed by atoms with van der Waals surface area (Å²) >= 11 is 3.22. The van der Waals surface area contributed by atoms with Crippen molar-refractivity contribution in [2.75, 3.05) is 18.5 Å². The van der Waals surface area contributed by atoms with Crippen LogP contribution in [0.2, 0.25) is 0 Å². The Labute approximate surface area is 126 Å². The van der Waals surface area contributed by atoms with Crippen LogP contribution < -0.4 is 5.32 Å². The molecule has 2 amide bonds. The molecule has 6 heteroatoms. The molecule has 1 heterocycles. The van der Waals surface area contributed by atoms with E-state index in [2.05, 4.69) is 21.2 Å². The van der Waals surface area contributed by atoms with Crippen molar-refractivity contribution in [2.45, 2.75) is 25.8 Å². The van der Waals surface area contributed by atoms with E-state index in [1.807, 2.05) is 6.92 Å². The number of hydrogen-bond acceptors (Lipinski definition) is 2. The molecule has 110 valence electrons. The molecule has 2 atom stereocenters. The molecule has 0 spiro atoms. The van der Waals surface area contributed by atoms with Gasteiger partial charge in [-0.1, -0.05) is 6.92 Å². The highest BCUT2D eigenvalue weighted by Gasteiger charge is 2.31. The summed E-state index contributed by atoms with van der Waals surface area (Å²) in [6, 6.07) is 3.69. The van der Waals surface area contributed by atoms with Crippen LogP contribution in [0.4, 0.5) is 14.9 Å². The summed E-state index contributed by atoms with van der Waals surface area (Å²) in [6.45, 7) is 2.62. The van der Waals surface area contributed by atoms with Gasteiger partial charge in [-0.05, 0) is 52.9 Å². The van der Waals surface area contributed by atoms with E-state index < -0.39 is 0 Å². The molecule has 2 N–H and O–H groups in total. The van der Waals surface area contributed by atoms with Crippen molar-refractivity contribution in [2.24, 2.45) is 5.92 Å². The number of nitrogens with one attached hydrogen (secondary N) is 1. The number of carbonyl (C=O) groups excluding carboxylic acids is 1. The largest absolute Gasteiger partial charge is 0.394 e. The minimum atomic E-state index is -0.366. The van der Waals surface area contributed by atoms with Crippen LogP contribution in [0.15, 0.2) is 22.7 Å². The first kappa shape index (κ1) is 15.3. The third-order valence-electron chi connectivity index (χ3n) is 3.74. The van der Waals surface area contributed by atoms with E-state index >= 15 is 0 Å². The van der Waals surface area contributed by atoms with Gasteiger partial charge in [0, 0.05) is 11.0 Å². The van der Waals surface area contributed by atoms with Crippen LogP contribution in [0, 0.1) is 11.7 Å². The molecule has 1 aliphatic heterocycles. The topological polar surface area (TPSA) is 52.6 Å². The highest BCUT2D eigenvalue weighted by atomic mass is 79.9. The number of aliphatic hydroxyl groups is 1. The van der Waals surface area contributed by atoms with Gasteiger partial charge in [-0.3, -0.25) is 0 Å². The van der Waals surface area contributed by atoms with Gasteiger partial charge in [0.15, 0.2) is 0 Å². The molecule has 2 rings (SSSR count). The molecule has 1 aromatic rings. The zero-order valence-corrected chi connectivity index (χ0v) is 12.9. The van der Waals surface area contributed by atoms with Crippen LogP contribution in [-0.2, 0) is 0 Å². The van der Waals surface area contributed by atoms with Crippen molar-refractivity contribution in [3.63, 3.8) is 0 Å². The van der Waals surface area contributed by atoms with Crippen LogP contribution in [0.25, 0.3) is 0 Å². The molecule has 1 aromatic carbocycles. The molecule has 0 bridgehead atoms. The average molecular weight is 345 g/mol. The number of aliphatic hydroxyl groups excluding tert-OH is 1. The lowest BCUT2D eigenvalue weighted by Crippen LogP contribution is -2.51. The Bertz CT molecular complexity index is 498. The fourth-order valence-electron chi connectivity index (χ4n) is 2.56. The van der Waals surface area contributed by atoms with Crippen LogP contribution in [0.3, 0.4) is 0 Å². The second kappa shape index (κ2) is 6.54. The van der Waals surface area contributed by atoms with E-state index in [9.17, 15) is 14.3 Å². The summed E-state index contributed by atoms with van der Waals surface area (Å²) in [5.74, 6) is -0.0918. The quantitative estimate of drug-likeness (QED) is 0.865. The van der Waals surface area contributed by atoms with Crippen molar-refractivity contribution in [3.8, 4) is 0 Å². The number of nitrogens with zero attached hydrogens (tertiary/aromatic N) is 1. The molecule has 1 saturated heterocycles. The standard InChI is InChI=1S/C14H18BrFN2O2/c1-9-3-2-6-18(13(9)8-19)14(20)17-12-5-4-10(16)7-11(12)15/h4-5,7,9,13,19H,2-3,6,8H2,1H3,(H,17,20)/t9-,13-/m1/s1. The summed E-state index contributed by atoms with van der Waals surface area (Å²) in [5, 5.41) is 12.2. The first-order chi connectivity index (χ1) is 9.52. The fourth-order valence-corrected chi connectivity index (χ4v) is 3.01. The second-order valence-corrected chi connectivity index (χ2v) is 5.97. The second-order valence-electron chi connectivity index (χ2n) is 5.12.